The maximum Gasteiger partial charge on any atom is 0.519 e. The monoisotopic (exact) mass is 1100 g/mol. The summed E-state index contributed by atoms with van der Waals surface area (Å²) in [6.07, 6.45) is 1.83. The van der Waals surface area contributed by atoms with E-state index in [4.69, 9.17) is 23.1 Å². The fourth-order valence-corrected chi connectivity index (χ4v) is 8.03. The molecule has 18 heteroatoms. The molecule has 3 rings (SSSR count). The van der Waals surface area contributed by atoms with Crippen molar-refractivity contribution < 1.29 is 83.8 Å². The number of nitrogens with zero attached hydrogens (tertiary/aromatic N) is 2. The molecule has 0 unspecified atom stereocenters. The molecule has 2 saturated heterocycles. The Labute approximate surface area is 430 Å². The van der Waals surface area contributed by atoms with Crippen molar-refractivity contribution in [3.05, 3.63) is 35.9 Å². The van der Waals surface area contributed by atoms with Crippen molar-refractivity contribution in [1.29, 1.82) is 0 Å². The first-order chi connectivity index (χ1) is 28.3. The molecule has 2 aliphatic rings. The first-order valence-corrected chi connectivity index (χ1v) is 28.7. The zero-order valence-corrected chi connectivity index (χ0v) is 47.9. The van der Waals surface area contributed by atoms with Crippen LogP contribution >= 0.6 is 0 Å². The van der Waals surface area contributed by atoms with Crippen LogP contribution in [0.15, 0.2) is 30.3 Å². The van der Waals surface area contributed by atoms with E-state index in [-0.39, 0.29) is 62.4 Å². The van der Waals surface area contributed by atoms with Crippen molar-refractivity contribution in [3.63, 3.8) is 0 Å². The molecular weight excluding hydrogens is 999 g/mol. The molecule has 408 valence electrons. The van der Waals surface area contributed by atoms with Crippen LogP contribution in [-0.4, -0.2) is 133 Å². The summed E-state index contributed by atoms with van der Waals surface area (Å²) < 4.78 is 31.6. The van der Waals surface area contributed by atoms with Gasteiger partial charge in [0.2, 0.25) is 0 Å². The summed E-state index contributed by atoms with van der Waals surface area (Å²) >= 11 is 0. The fraction of sp³-hybridized carbons (Fsp3) is 0.820. The van der Waals surface area contributed by atoms with Gasteiger partial charge in [-0.1, -0.05) is 86.7 Å². The summed E-state index contributed by atoms with van der Waals surface area (Å²) in [5.74, 6) is 0. The largest absolute Gasteiger partial charge is 0.519 e. The summed E-state index contributed by atoms with van der Waals surface area (Å²) in [5, 5.41) is 22.0. The van der Waals surface area contributed by atoms with E-state index < -0.39 is 57.0 Å². The predicted octanol–water partition coefficient (Wildman–Crippen LogP) is 11.1. The quantitative estimate of drug-likeness (QED) is 0.0968. The molecule has 1 aromatic rings. The van der Waals surface area contributed by atoms with Gasteiger partial charge >= 0.3 is 18.4 Å². The third-order valence-electron chi connectivity index (χ3n) is 12.0. The minimum atomic E-state index is -1.78. The molecule has 0 saturated carbocycles. The molecular formula is C50H102N2O13PdSi2. The Bertz CT molecular complexity index is 1520. The van der Waals surface area contributed by atoms with Gasteiger partial charge in [-0.05, 0) is 143 Å². The summed E-state index contributed by atoms with van der Waals surface area (Å²) in [6.45, 7) is 43.3. The molecule has 15 nitrogen and oxygen atoms in total. The van der Waals surface area contributed by atoms with Gasteiger partial charge < -0.3 is 53.9 Å². The number of carbonyl (C=O) groups excluding carboxylic acids is 3. The van der Waals surface area contributed by atoms with Gasteiger partial charge in [-0.3, -0.25) is 4.90 Å². The molecule has 0 bridgehead atoms. The van der Waals surface area contributed by atoms with Crippen molar-refractivity contribution in [2.24, 2.45) is 0 Å². The molecule has 6 N–H and O–H groups in total. The van der Waals surface area contributed by atoms with E-state index in [2.05, 4.69) is 108 Å². The summed E-state index contributed by atoms with van der Waals surface area (Å²) in [7, 11) is -3.48. The van der Waals surface area contributed by atoms with E-state index in [0.717, 1.165) is 38.9 Å². The fourth-order valence-electron chi connectivity index (χ4n) is 5.94. The van der Waals surface area contributed by atoms with Crippen molar-refractivity contribution in [2.45, 2.75) is 228 Å². The molecule has 68 heavy (non-hydrogen) atoms. The van der Waals surface area contributed by atoms with Crippen LogP contribution in [0.1, 0.15) is 163 Å². The Hall–Kier alpha value is -1.95. The summed E-state index contributed by atoms with van der Waals surface area (Å²) in [6, 6.07) is 10.6. The third-order valence-corrected chi connectivity index (χ3v) is 21.1. The second kappa shape index (κ2) is 30.2. The van der Waals surface area contributed by atoms with Crippen LogP contribution < -0.4 is 0 Å². The normalized spacial score (nSPS) is 16.3. The zero-order valence-electron chi connectivity index (χ0n) is 44.4. The van der Waals surface area contributed by atoms with E-state index in [1.165, 1.54) is 5.56 Å². The molecule has 1 aromatic carbocycles. The molecule has 2 fully saturated rings. The number of ether oxygens (including phenoxy) is 4. The van der Waals surface area contributed by atoms with E-state index in [0.29, 0.717) is 45.6 Å². The van der Waals surface area contributed by atoms with Crippen molar-refractivity contribution >= 4 is 35.0 Å². The first-order valence-electron chi connectivity index (χ1n) is 22.9. The van der Waals surface area contributed by atoms with Crippen LogP contribution in [0.2, 0.25) is 36.3 Å². The maximum absolute atomic E-state index is 12.1. The number of amides is 1. The van der Waals surface area contributed by atoms with E-state index in [1.54, 1.807) is 46.4 Å². The molecule has 1 amide bonds. The number of benzene rings is 1. The smallest absolute Gasteiger partial charge is 0.444 e. The van der Waals surface area contributed by atoms with Crippen molar-refractivity contribution in [2.75, 3.05) is 39.4 Å². The van der Waals surface area contributed by atoms with E-state index in [9.17, 15) is 24.6 Å². The van der Waals surface area contributed by atoms with Gasteiger partial charge in [0.25, 0.3) is 0 Å². The van der Waals surface area contributed by atoms with E-state index in [1.807, 2.05) is 20.8 Å². The SMILES string of the molecule is C.C.CC(C)(C)OC(=O)N1CCC(O)(CCO[Si](C)(C)C(C)(C)C)CC1.CC(C)(C)OC(=O)OC(=O)OC(C)(C)C.CC(C)(C)[Si](C)(C)OCCC1(O)CCN(Cc2ccccc2)CC1.O.O.[Pd]. The van der Waals surface area contributed by atoms with Gasteiger partial charge in [0.15, 0.2) is 16.6 Å². The van der Waals surface area contributed by atoms with Crippen LogP contribution in [0.4, 0.5) is 14.4 Å². The van der Waals surface area contributed by atoms with Gasteiger partial charge in [-0.2, -0.15) is 0 Å². The third kappa shape index (κ3) is 30.7. The molecule has 0 radical (unpaired) electrons. The first kappa shape index (κ1) is 75.0. The molecule has 0 aliphatic carbocycles. The van der Waals surface area contributed by atoms with Crippen molar-refractivity contribution in [1.82, 2.24) is 9.80 Å². The van der Waals surface area contributed by atoms with Gasteiger partial charge in [0, 0.05) is 66.4 Å². The summed E-state index contributed by atoms with van der Waals surface area (Å²) in [5.41, 5.74) is -1.81. The zero-order chi connectivity index (χ0) is 48.9. The van der Waals surface area contributed by atoms with Crippen LogP contribution in [0.25, 0.3) is 0 Å². The Morgan fingerprint density at radius 3 is 1.21 bits per heavy atom. The molecule has 0 aromatic heterocycles. The van der Waals surface area contributed by atoms with Crippen LogP contribution in [-0.2, 0) is 54.8 Å². The topological polar surface area (TPSA) is 217 Å². The summed E-state index contributed by atoms with van der Waals surface area (Å²) in [4.78, 5) is 38.2. The van der Waals surface area contributed by atoms with E-state index >= 15 is 0 Å². The minimum Gasteiger partial charge on any atom is -0.444 e. The average Bonchev–Trinajstić information content (AvgIpc) is 3.07. The van der Waals surface area contributed by atoms with Gasteiger partial charge in [-0.25, -0.2) is 14.4 Å². The van der Waals surface area contributed by atoms with Crippen molar-refractivity contribution in [3.8, 4) is 0 Å². The average molecular weight is 1100 g/mol. The number of aliphatic hydroxyl groups is 2. The second-order valence-electron chi connectivity index (χ2n) is 23.4. The van der Waals surface area contributed by atoms with Gasteiger partial charge in [-0.15, -0.1) is 0 Å². The molecule has 2 heterocycles. The predicted molar refractivity (Wildman–Crippen MR) is 278 cm³/mol. The number of hydrogen-bond acceptors (Lipinski definition) is 12. The number of piperidine rings is 2. The minimum absolute atomic E-state index is 0. The van der Waals surface area contributed by atoms with Gasteiger partial charge in [0.1, 0.15) is 16.8 Å². The number of likely N-dealkylation sites (tertiary alicyclic amines) is 2. The molecule has 0 spiro atoms. The van der Waals surface area contributed by atoms with Crippen LogP contribution in [0.3, 0.4) is 0 Å². The standard InChI is InChI=1S/C20H35NO2Si.C18H37NO4Si.C10H18O5.2CH4.2H2O.Pd/c1-19(2,3)24(4,5)23-16-13-20(22)11-14-21(15-12-20)17-18-9-7-6-8-10-18;1-16(2,3)23-15(20)19-12-9-18(21,10-13-19)11-14-22-24(7,8)17(4,5)6;1-9(2,3)14-7(11)13-8(12)15-10(4,5)6;;;;;/h6-10,22H,11-17H2,1-5H3;21H,9-14H2,1-8H3;1-6H3;2*1H4;2*1H2;. The van der Waals surface area contributed by atoms with Gasteiger partial charge in [0.05, 0.1) is 11.2 Å². The Kier molecular flexibility index (Phi) is 33.3. The Morgan fingerprint density at radius 2 is 0.897 bits per heavy atom. The molecule has 2 aliphatic heterocycles. The number of carbonyl (C=O) groups is 3. The molecule has 0 atom stereocenters. The Morgan fingerprint density at radius 1 is 0.574 bits per heavy atom. The van der Waals surface area contributed by atoms with Crippen LogP contribution in [0.5, 0.6) is 0 Å². The second-order valence-corrected chi connectivity index (χ2v) is 33.0. The Balaban J connectivity index is -0.000000289. The number of hydrogen-bond donors (Lipinski definition) is 2. The maximum atomic E-state index is 12.1. The van der Waals surface area contributed by atoms with Crippen LogP contribution in [0, 0.1) is 0 Å². The number of rotatable bonds is 10.